The molecule has 0 unspecified atom stereocenters. The van der Waals surface area contributed by atoms with Crippen LogP contribution in [0.1, 0.15) is 34.6 Å². The molecule has 0 spiro atoms. The summed E-state index contributed by atoms with van der Waals surface area (Å²) in [7, 11) is 0. The molecule has 0 N–H and O–H groups in total. The van der Waals surface area contributed by atoms with Gasteiger partial charge in [-0.3, -0.25) is 0 Å². The third-order valence-electron chi connectivity index (χ3n) is 2.89. The maximum atomic E-state index is 11.6. The van der Waals surface area contributed by atoms with Crippen LogP contribution in [0.2, 0.25) is 0 Å². The van der Waals surface area contributed by atoms with E-state index in [1.807, 2.05) is 34.6 Å². The second kappa shape index (κ2) is 4.07. The Kier molecular flexibility index (Phi) is 3.31. The summed E-state index contributed by atoms with van der Waals surface area (Å²) < 4.78 is 5.23. The van der Waals surface area contributed by atoms with Crippen LogP contribution >= 0.6 is 0 Å². The first-order valence-electron chi connectivity index (χ1n) is 5.60. The molecule has 0 saturated carbocycles. The summed E-state index contributed by atoms with van der Waals surface area (Å²) in [6, 6.07) is 0. The molecule has 0 radical (unpaired) electrons. The number of nitrogens with zero attached hydrogens (tertiary/aromatic N) is 1. The third-order valence-corrected chi connectivity index (χ3v) is 2.89. The van der Waals surface area contributed by atoms with Crippen LogP contribution in [0, 0.1) is 11.3 Å². The lowest BCUT2D eigenvalue weighted by Crippen LogP contribution is -2.56. The van der Waals surface area contributed by atoms with Crippen LogP contribution in [0.4, 0.5) is 4.79 Å². The van der Waals surface area contributed by atoms with Gasteiger partial charge in [0.25, 0.3) is 0 Å². The first kappa shape index (κ1) is 13.0. The molecule has 1 aliphatic heterocycles. The molecule has 4 nitrogen and oxygen atoms in total. The lowest BCUT2D eigenvalue weighted by atomic mass is 9.76. The summed E-state index contributed by atoms with van der Waals surface area (Å²) in [6.07, 6.45) is 0.676. The predicted molar refractivity (Wildman–Crippen MR) is 61.1 cm³/mol. The number of aldehydes is 1. The molecule has 1 heterocycles. The van der Waals surface area contributed by atoms with Crippen LogP contribution in [0.25, 0.3) is 0 Å². The molecule has 0 aliphatic carbocycles. The number of carbonyl (C=O) groups is 2. The monoisotopic (exact) mass is 227 g/mol. The first-order chi connectivity index (χ1) is 7.15. The van der Waals surface area contributed by atoms with E-state index in [0.717, 1.165) is 6.29 Å². The summed E-state index contributed by atoms with van der Waals surface area (Å²) >= 11 is 0. The fourth-order valence-corrected chi connectivity index (χ4v) is 1.52. The first-order valence-corrected chi connectivity index (χ1v) is 5.60. The Morgan fingerprint density at radius 1 is 1.25 bits per heavy atom. The lowest BCUT2D eigenvalue weighted by Gasteiger charge is -2.45. The van der Waals surface area contributed by atoms with E-state index < -0.39 is 5.60 Å². The topological polar surface area (TPSA) is 46.6 Å². The Bertz CT molecular complexity index is 285. The van der Waals surface area contributed by atoms with Crippen LogP contribution in [0.15, 0.2) is 0 Å². The summed E-state index contributed by atoms with van der Waals surface area (Å²) in [6.45, 7) is 10.6. The van der Waals surface area contributed by atoms with Crippen LogP contribution < -0.4 is 0 Å². The molecular formula is C12H21NO3. The summed E-state index contributed by atoms with van der Waals surface area (Å²) in [5.74, 6) is 0.248. The van der Waals surface area contributed by atoms with Crippen molar-refractivity contribution >= 4 is 12.4 Å². The van der Waals surface area contributed by atoms with Gasteiger partial charge in [-0.25, -0.2) is 4.79 Å². The second-order valence-electron chi connectivity index (χ2n) is 6.02. The van der Waals surface area contributed by atoms with Crippen molar-refractivity contribution in [1.29, 1.82) is 0 Å². The Morgan fingerprint density at radius 2 is 1.75 bits per heavy atom. The van der Waals surface area contributed by atoms with E-state index in [2.05, 4.69) is 0 Å². The number of hydrogen-bond donors (Lipinski definition) is 0. The van der Waals surface area contributed by atoms with E-state index in [-0.39, 0.29) is 17.4 Å². The molecule has 1 saturated heterocycles. The lowest BCUT2D eigenvalue weighted by molar-refractivity contribution is -0.121. The molecule has 16 heavy (non-hydrogen) atoms. The number of rotatable bonds is 2. The molecule has 0 aromatic rings. The molecule has 1 fully saturated rings. The van der Waals surface area contributed by atoms with E-state index in [0.29, 0.717) is 13.1 Å². The summed E-state index contributed by atoms with van der Waals surface area (Å²) in [4.78, 5) is 24.1. The standard InChI is InChI=1S/C12H21NO3/c1-11(2,3)16-10(15)13-6-9(7-13)12(4,5)8-14/h8-9H,6-7H2,1-5H3. The van der Waals surface area contributed by atoms with E-state index in [1.54, 1.807) is 4.90 Å². The Labute approximate surface area is 96.9 Å². The van der Waals surface area contributed by atoms with Crippen molar-refractivity contribution in [2.45, 2.75) is 40.2 Å². The number of likely N-dealkylation sites (tertiary alicyclic amines) is 1. The number of carbonyl (C=O) groups excluding carboxylic acids is 2. The average molecular weight is 227 g/mol. The van der Waals surface area contributed by atoms with Gasteiger partial charge in [-0.2, -0.15) is 0 Å². The van der Waals surface area contributed by atoms with E-state index in [9.17, 15) is 9.59 Å². The molecule has 92 valence electrons. The predicted octanol–water partition coefficient (Wildman–Crippen LogP) is 2.08. The average Bonchev–Trinajstić information content (AvgIpc) is 1.96. The molecular weight excluding hydrogens is 206 g/mol. The molecule has 0 atom stereocenters. The molecule has 1 aliphatic rings. The quantitative estimate of drug-likeness (QED) is 0.678. The van der Waals surface area contributed by atoms with Gasteiger partial charge in [-0.15, -0.1) is 0 Å². The molecule has 0 aromatic heterocycles. The highest BCUT2D eigenvalue weighted by molar-refractivity contribution is 5.70. The minimum Gasteiger partial charge on any atom is -0.444 e. The Hall–Kier alpha value is -1.06. The molecule has 4 heteroatoms. The van der Waals surface area contributed by atoms with Crippen LogP contribution in [0.3, 0.4) is 0 Å². The normalized spacial score (nSPS) is 17.9. The number of hydrogen-bond acceptors (Lipinski definition) is 3. The summed E-state index contributed by atoms with van der Waals surface area (Å²) in [5, 5.41) is 0. The van der Waals surface area contributed by atoms with E-state index in [1.165, 1.54) is 0 Å². The molecule has 1 rings (SSSR count). The second-order valence-corrected chi connectivity index (χ2v) is 6.02. The van der Waals surface area contributed by atoms with Crippen molar-refractivity contribution in [3.05, 3.63) is 0 Å². The van der Waals surface area contributed by atoms with Gasteiger partial charge >= 0.3 is 6.09 Å². The van der Waals surface area contributed by atoms with Gasteiger partial charge in [0, 0.05) is 24.4 Å². The van der Waals surface area contributed by atoms with Crippen LogP contribution in [0.5, 0.6) is 0 Å². The van der Waals surface area contributed by atoms with Crippen molar-refractivity contribution in [3.63, 3.8) is 0 Å². The van der Waals surface area contributed by atoms with Gasteiger partial charge in [-0.1, -0.05) is 13.8 Å². The zero-order chi connectivity index (χ0) is 12.6. The SMILES string of the molecule is CC(C)(C)OC(=O)N1CC(C(C)(C)C=O)C1. The maximum Gasteiger partial charge on any atom is 0.410 e. The number of amides is 1. The fourth-order valence-electron chi connectivity index (χ4n) is 1.52. The van der Waals surface area contributed by atoms with E-state index in [4.69, 9.17) is 4.74 Å². The van der Waals surface area contributed by atoms with Crippen molar-refractivity contribution in [1.82, 2.24) is 4.90 Å². The highest BCUT2D eigenvalue weighted by atomic mass is 16.6. The number of ether oxygens (including phenoxy) is 1. The van der Waals surface area contributed by atoms with Gasteiger partial charge in [-0.05, 0) is 20.8 Å². The van der Waals surface area contributed by atoms with Gasteiger partial charge < -0.3 is 14.4 Å². The highest BCUT2D eigenvalue weighted by Crippen LogP contribution is 2.33. The Morgan fingerprint density at radius 3 is 2.12 bits per heavy atom. The fraction of sp³-hybridized carbons (Fsp3) is 0.833. The highest BCUT2D eigenvalue weighted by Gasteiger charge is 2.42. The van der Waals surface area contributed by atoms with E-state index >= 15 is 0 Å². The zero-order valence-corrected chi connectivity index (χ0v) is 10.7. The maximum absolute atomic E-state index is 11.6. The smallest absolute Gasteiger partial charge is 0.410 e. The molecule has 0 aromatic carbocycles. The molecule has 1 amide bonds. The van der Waals surface area contributed by atoms with Gasteiger partial charge in [0.1, 0.15) is 11.9 Å². The van der Waals surface area contributed by atoms with Crippen LogP contribution in [-0.2, 0) is 9.53 Å². The van der Waals surface area contributed by atoms with Crippen molar-refractivity contribution < 1.29 is 14.3 Å². The summed E-state index contributed by atoms with van der Waals surface area (Å²) in [5.41, 5.74) is -0.805. The third kappa shape index (κ3) is 2.97. The largest absolute Gasteiger partial charge is 0.444 e. The van der Waals surface area contributed by atoms with Gasteiger partial charge in [0.05, 0.1) is 0 Å². The zero-order valence-electron chi connectivity index (χ0n) is 10.7. The minimum absolute atomic E-state index is 0.248. The van der Waals surface area contributed by atoms with Gasteiger partial charge in [0.15, 0.2) is 0 Å². The van der Waals surface area contributed by atoms with Crippen molar-refractivity contribution in [2.24, 2.45) is 11.3 Å². The van der Waals surface area contributed by atoms with Crippen LogP contribution in [-0.4, -0.2) is 36.0 Å². The van der Waals surface area contributed by atoms with Crippen molar-refractivity contribution in [3.8, 4) is 0 Å². The minimum atomic E-state index is -0.456. The molecule has 0 bridgehead atoms. The Balaban J connectivity index is 2.42. The van der Waals surface area contributed by atoms with Gasteiger partial charge in [0.2, 0.25) is 0 Å². The van der Waals surface area contributed by atoms with Crippen molar-refractivity contribution in [2.75, 3.05) is 13.1 Å².